The molecule has 0 radical (unpaired) electrons. The fourth-order valence-electron chi connectivity index (χ4n) is 6.07. The minimum Gasteiger partial charge on any atom is -0.492 e. The standard InChI is InChI=1S/C26H48N6O8/c1-26(37)11-38-25(20(35)23(26)30-2)40-22-16(32-24(36)17(33)8-27)7-15(29)18(19(22)34)21-14(28)6-5-13(39-21)10-31-9-12-3-4-12/h5,12,14-23,25,30-31,33-35,37H,3-4,6-11,27-29H2,1-2H3,(H,32,36)/t14-,15+,16-,17+,18?,19+,20-,21+,22+,23-,25-,26+/m1/s1. The number of amides is 1. The van der Waals surface area contributed by atoms with Crippen molar-refractivity contribution in [1.82, 2.24) is 16.0 Å². The summed E-state index contributed by atoms with van der Waals surface area (Å²) in [7, 11) is 1.60. The zero-order chi connectivity index (χ0) is 29.2. The number of carbonyl (C=O) groups excluding carboxylic acids is 1. The van der Waals surface area contributed by atoms with Crippen LogP contribution in [0.5, 0.6) is 0 Å². The highest BCUT2D eigenvalue weighted by Crippen LogP contribution is 2.36. The Labute approximate surface area is 234 Å². The van der Waals surface area contributed by atoms with Gasteiger partial charge in [0.1, 0.15) is 35.8 Å². The molecule has 1 saturated heterocycles. The van der Waals surface area contributed by atoms with E-state index in [1.54, 1.807) is 7.05 Å². The van der Waals surface area contributed by atoms with Crippen molar-refractivity contribution < 1.29 is 39.4 Å². The summed E-state index contributed by atoms with van der Waals surface area (Å²) in [6, 6.07) is -2.73. The van der Waals surface area contributed by atoms with E-state index in [-0.39, 0.29) is 19.6 Å². The van der Waals surface area contributed by atoms with Gasteiger partial charge in [0, 0.05) is 24.5 Å². The van der Waals surface area contributed by atoms with Gasteiger partial charge in [-0.1, -0.05) is 0 Å². The third-order valence-electron chi connectivity index (χ3n) is 8.57. The van der Waals surface area contributed by atoms with Gasteiger partial charge in [0.15, 0.2) is 6.29 Å². The van der Waals surface area contributed by atoms with Crippen molar-refractivity contribution in [1.29, 1.82) is 0 Å². The van der Waals surface area contributed by atoms with Gasteiger partial charge in [0.2, 0.25) is 5.91 Å². The van der Waals surface area contributed by atoms with Crippen LogP contribution in [0, 0.1) is 11.8 Å². The molecule has 4 rings (SSSR count). The average molecular weight is 573 g/mol. The quantitative estimate of drug-likeness (QED) is 0.113. The van der Waals surface area contributed by atoms with E-state index in [1.165, 1.54) is 19.8 Å². The number of hydrogen-bond acceptors (Lipinski definition) is 13. The van der Waals surface area contributed by atoms with Crippen molar-refractivity contribution in [3.63, 3.8) is 0 Å². The SMILES string of the molecule is CN[C@@H]1[C@@H](O)[C@@H](O[C@H]2[C@H](NC(=O)[C@@H](O)CN)C[C@H](N)C([C@H]3OC(CNCC4CC4)=CC[C@H]3N)[C@@H]2O)OC[C@]1(C)O. The average Bonchev–Trinajstić information content (AvgIpc) is 3.73. The van der Waals surface area contributed by atoms with E-state index in [9.17, 15) is 25.2 Å². The molecule has 4 aliphatic rings. The fourth-order valence-corrected chi connectivity index (χ4v) is 6.07. The number of aliphatic hydroxyl groups excluding tert-OH is 3. The molecule has 14 heteroatoms. The molecule has 1 unspecified atom stereocenters. The molecule has 2 saturated carbocycles. The van der Waals surface area contributed by atoms with Crippen molar-refractivity contribution in [2.24, 2.45) is 29.0 Å². The maximum atomic E-state index is 12.6. The van der Waals surface area contributed by atoms with Crippen LogP contribution in [0.1, 0.15) is 32.6 Å². The number of nitrogens with two attached hydrogens (primary N) is 3. The fraction of sp³-hybridized carbons (Fsp3) is 0.885. The Kier molecular flexibility index (Phi) is 10.4. The largest absolute Gasteiger partial charge is 0.492 e. The summed E-state index contributed by atoms with van der Waals surface area (Å²) in [5.74, 6) is 0.0272. The second kappa shape index (κ2) is 13.3. The molecular weight excluding hydrogens is 524 g/mol. The molecule has 0 bridgehead atoms. The lowest BCUT2D eigenvalue weighted by atomic mass is 9.72. The first-order chi connectivity index (χ1) is 19.0. The number of aliphatic hydroxyl groups is 4. The number of ether oxygens (including phenoxy) is 3. The molecule has 0 aromatic rings. The van der Waals surface area contributed by atoms with Gasteiger partial charge in [0.25, 0.3) is 0 Å². The van der Waals surface area contributed by atoms with Gasteiger partial charge < -0.3 is 67.8 Å². The van der Waals surface area contributed by atoms with Crippen molar-refractivity contribution in [2.45, 2.75) is 99.2 Å². The van der Waals surface area contributed by atoms with Crippen LogP contribution < -0.4 is 33.2 Å². The van der Waals surface area contributed by atoms with E-state index >= 15 is 0 Å². The maximum Gasteiger partial charge on any atom is 0.250 e. The van der Waals surface area contributed by atoms with Crippen molar-refractivity contribution >= 4 is 5.91 Å². The number of nitrogens with one attached hydrogen (secondary N) is 3. The van der Waals surface area contributed by atoms with Gasteiger partial charge in [-0.05, 0) is 58.2 Å². The Bertz CT molecular complexity index is 891. The summed E-state index contributed by atoms with van der Waals surface area (Å²) in [5, 5.41) is 52.3. The van der Waals surface area contributed by atoms with Crippen molar-refractivity contribution in [3.05, 3.63) is 11.8 Å². The Hall–Kier alpha value is -1.43. The molecule has 2 aliphatic heterocycles. The zero-order valence-electron chi connectivity index (χ0n) is 23.3. The van der Waals surface area contributed by atoms with E-state index < -0.39 is 78.4 Å². The zero-order valence-corrected chi connectivity index (χ0v) is 23.3. The monoisotopic (exact) mass is 572 g/mol. The molecule has 230 valence electrons. The third kappa shape index (κ3) is 7.13. The van der Waals surface area contributed by atoms with Crippen LogP contribution in [0.25, 0.3) is 0 Å². The number of likely N-dealkylation sites (N-methyl/N-ethyl adjacent to an activating group) is 1. The van der Waals surface area contributed by atoms with Crippen LogP contribution in [-0.4, -0.2) is 126 Å². The molecule has 14 nitrogen and oxygen atoms in total. The third-order valence-corrected chi connectivity index (χ3v) is 8.57. The molecule has 12 atom stereocenters. The van der Waals surface area contributed by atoms with Gasteiger partial charge in [-0.25, -0.2) is 0 Å². The first-order valence-corrected chi connectivity index (χ1v) is 14.3. The Morgan fingerprint density at radius 1 is 1.25 bits per heavy atom. The molecule has 2 heterocycles. The summed E-state index contributed by atoms with van der Waals surface area (Å²) in [6.07, 6.45) is -1.92. The lowest BCUT2D eigenvalue weighted by Gasteiger charge is -2.50. The molecule has 2 aliphatic carbocycles. The first-order valence-electron chi connectivity index (χ1n) is 14.3. The highest BCUT2D eigenvalue weighted by molar-refractivity contribution is 5.81. The van der Waals surface area contributed by atoms with Crippen LogP contribution in [0.3, 0.4) is 0 Å². The van der Waals surface area contributed by atoms with Gasteiger partial charge in [-0.2, -0.15) is 0 Å². The molecule has 0 spiro atoms. The molecule has 1 amide bonds. The normalized spacial score (nSPS) is 43.0. The molecule has 0 aromatic heterocycles. The van der Waals surface area contributed by atoms with Gasteiger partial charge in [-0.15, -0.1) is 0 Å². The van der Waals surface area contributed by atoms with Crippen LogP contribution in [0.4, 0.5) is 0 Å². The van der Waals surface area contributed by atoms with Gasteiger partial charge >= 0.3 is 0 Å². The number of carbonyl (C=O) groups is 1. The second-order valence-corrected chi connectivity index (χ2v) is 12.0. The molecule has 3 fully saturated rings. The predicted octanol–water partition coefficient (Wildman–Crippen LogP) is -4.06. The van der Waals surface area contributed by atoms with Gasteiger partial charge in [0.05, 0.1) is 31.3 Å². The summed E-state index contributed by atoms with van der Waals surface area (Å²) >= 11 is 0. The molecule has 40 heavy (non-hydrogen) atoms. The van der Waals surface area contributed by atoms with Crippen LogP contribution >= 0.6 is 0 Å². The summed E-state index contributed by atoms with van der Waals surface area (Å²) in [4.78, 5) is 12.6. The van der Waals surface area contributed by atoms with Crippen LogP contribution in [0.15, 0.2) is 11.8 Å². The van der Waals surface area contributed by atoms with E-state index in [0.717, 1.165) is 12.3 Å². The smallest absolute Gasteiger partial charge is 0.250 e. The van der Waals surface area contributed by atoms with E-state index in [2.05, 4.69) is 16.0 Å². The van der Waals surface area contributed by atoms with Crippen molar-refractivity contribution in [2.75, 3.05) is 33.3 Å². The highest BCUT2D eigenvalue weighted by atomic mass is 16.7. The highest BCUT2D eigenvalue weighted by Gasteiger charge is 2.53. The van der Waals surface area contributed by atoms with Crippen molar-refractivity contribution in [3.8, 4) is 0 Å². The second-order valence-electron chi connectivity index (χ2n) is 12.0. The lowest BCUT2D eigenvalue weighted by Crippen LogP contribution is -2.69. The van der Waals surface area contributed by atoms with E-state index in [1.807, 2.05) is 6.08 Å². The summed E-state index contributed by atoms with van der Waals surface area (Å²) in [5.41, 5.74) is 17.1. The Balaban J connectivity index is 1.52. The Morgan fingerprint density at radius 2 is 1.98 bits per heavy atom. The molecule has 0 aromatic carbocycles. The number of rotatable bonds is 11. The topological polar surface area (TPSA) is 240 Å². The first kappa shape index (κ1) is 31.5. The minimum atomic E-state index is -1.46. The number of hydrogen-bond donors (Lipinski definition) is 10. The Morgan fingerprint density at radius 3 is 2.62 bits per heavy atom. The minimum absolute atomic E-state index is 0.145. The van der Waals surface area contributed by atoms with E-state index in [0.29, 0.717) is 18.9 Å². The van der Waals surface area contributed by atoms with E-state index in [4.69, 9.17) is 31.4 Å². The maximum absolute atomic E-state index is 12.6. The van der Waals surface area contributed by atoms with Crippen LogP contribution in [-0.2, 0) is 19.0 Å². The lowest BCUT2D eigenvalue weighted by molar-refractivity contribution is -0.297. The predicted molar refractivity (Wildman–Crippen MR) is 144 cm³/mol. The molecule has 13 N–H and O–H groups in total. The van der Waals surface area contributed by atoms with Crippen LogP contribution in [0.2, 0.25) is 0 Å². The molecular formula is C26H48N6O8. The van der Waals surface area contributed by atoms with Gasteiger partial charge in [-0.3, -0.25) is 4.79 Å². The summed E-state index contributed by atoms with van der Waals surface area (Å²) < 4.78 is 18.1. The summed E-state index contributed by atoms with van der Waals surface area (Å²) in [6.45, 7) is 2.55.